The van der Waals surface area contributed by atoms with Gasteiger partial charge in [-0.25, -0.2) is 0 Å². The summed E-state index contributed by atoms with van der Waals surface area (Å²) in [6.07, 6.45) is 2.09. The third-order valence-corrected chi connectivity index (χ3v) is 2.76. The van der Waals surface area contributed by atoms with Crippen molar-refractivity contribution < 1.29 is 4.74 Å². The molecule has 0 atom stereocenters. The zero-order valence-electron chi connectivity index (χ0n) is 8.89. The van der Waals surface area contributed by atoms with Crippen LogP contribution in [0.3, 0.4) is 0 Å². The van der Waals surface area contributed by atoms with Crippen molar-refractivity contribution >= 4 is 11.8 Å². The Kier molecular flexibility index (Phi) is 2.22. The molecule has 1 heteroatoms. The lowest BCUT2D eigenvalue weighted by Crippen LogP contribution is -1.79. The van der Waals surface area contributed by atoms with Gasteiger partial charge in [0.15, 0.2) is 0 Å². The smallest absolute Gasteiger partial charge is 0.128 e. The van der Waals surface area contributed by atoms with Crippen LogP contribution in [0.1, 0.15) is 16.7 Å². The molecule has 1 aliphatic rings. The van der Waals surface area contributed by atoms with Crippen LogP contribution < -0.4 is 0 Å². The lowest BCUT2D eigenvalue weighted by molar-refractivity contribution is 0.287. The molecule has 0 saturated heterocycles. The standard InChI is InChI=1S/C15H12O/c1-2-6-12(7-3-1)10-15-14-9-5-4-8-13(14)11-16-15/h1-10H,11H2. The Bertz CT molecular complexity index is 526. The lowest BCUT2D eigenvalue weighted by atomic mass is 10.1. The van der Waals surface area contributed by atoms with Crippen molar-refractivity contribution in [2.75, 3.05) is 0 Å². The van der Waals surface area contributed by atoms with Crippen LogP contribution in [0.15, 0.2) is 54.6 Å². The summed E-state index contributed by atoms with van der Waals surface area (Å²) in [4.78, 5) is 0. The fraction of sp³-hybridized carbons (Fsp3) is 0.0667. The van der Waals surface area contributed by atoms with Crippen molar-refractivity contribution in [3.05, 3.63) is 71.3 Å². The summed E-state index contributed by atoms with van der Waals surface area (Å²) in [5, 5.41) is 0. The van der Waals surface area contributed by atoms with Gasteiger partial charge in [0.2, 0.25) is 0 Å². The first-order valence-corrected chi connectivity index (χ1v) is 5.41. The molecule has 2 aromatic rings. The monoisotopic (exact) mass is 208 g/mol. The Balaban J connectivity index is 2.02. The highest BCUT2D eigenvalue weighted by Crippen LogP contribution is 2.30. The van der Waals surface area contributed by atoms with Crippen molar-refractivity contribution in [3.63, 3.8) is 0 Å². The van der Waals surface area contributed by atoms with E-state index in [4.69, 9.17) is 4.74 Å². The van der Waals surface area contributed by atoms with E-state index in [1.54, 1.807) is 0 Å². The minimum atomic E-state index is 0.689. The molecule has 1 nitrogen and oxygen atoms in total. The maximum Gasteiger partial charge on any atom is 0.128 e. The molecule has 0 aromatic heterocycles. The molecule has 1 heterocycles. The van der Waals surface area contributed by atoms with Crippen molar-refractivity contribution in [1.29, 1.82) is 0 Å². The summed E-state index contributed by atoms with van der Waals surface area (Å²) in [6.45, 7) is 0.689. The van der Waals surface area contributed by atoms with Crippen LogP contribution in [0, 0.1) is 0 Å². The van der Waals surface area contributed by atoms with E-state index in [-0.39, 0.29) is 0 Å². The normalized spacial score (nSPS) is 15.9. The van der Waals surface area contributed by atoms with Gasteiger partial charge in [-0.15, -0.1) is 0 Å². The molecule has 0 spiro atoms. The molecule has 2 aromatic carbocycles. The summed E-state index contributed by atoms with van der Waals surface area (Å²) in [5.41, 5.74) is 3.66. The van der Waals surface area contributed by atoms with Crippen LogP contribution in [0.5, 0.6) is 0 Å². The van der Waals surface area contributed by atoms with E-state index in [9.17, 15) is 0 Å². The molecular weight excluding hydrogens is 196 g/mol. The fourth-order valence-electron chi connectivity index (χ4n) is 1.94. The van der Waals surface area contributed by atoms with Crippen molar-refractivity contribution in [2.24, 2.45) is 0 Å². The molecular formula is C15H12O. The van der Waals surface area contributed by atoms with Crippen LogP contribution in [0.2, 0.25) is 0 Å². The minimum absolute atomic E-state index is 0.689. The van der Waals surface area contributed by atoms with Crippen LogP contribution in [-0.4, -0.2) is 0 Å². The van der Waals surface area contributed by atoms with Crippen molar-refractivity contribution in [3.8, 4) is 0 Å². The van der Waals surface area contributed by atoms with Crippen molar-refractivity contribution in [1.82, 2.24) is 0 Å². The quantitative estimate of drug-likeness (QED) is 0.694. The van der Waals surface area contributed by atoms with E-state index in [2.05, 4.69) is 30.3 Å². The second-order valence-corrected chi connectivity index (χ2v) is 3.87. The Morgan fingerprint density at radius 3 is 2.50 bits per heavy atom. The molecule has 3 rings (SSSR count). The maximum atomic E-state index is 5.69. The minimum Gasteiger partial charge on any atom is -0.488 e. The Morgan fingerprint density at radius 2 is 1.62 bits per heavy atom. The number of ether oxygens (including phenoxy) is 1. The molecule has 0 bridgehead atoms. The summed E-state index contributed by atoms with van der Waals surface area (Å²) in [6, 6.07) is 18.6. The number of benzene rings is 2. The van der Waals surface area contributed by atoms with Crippen LogP contribution >= 0.6 is 0 Å². The van der Waals surface area contributed by atoms with Crippen molar-refractivity contribution in [2.45, 2.75) is 6.61 Å². The third kappa shape index (κ3) is 1.61. The molecule has 0 radical (unpaired) electrons. The molecule has 0 N–H and O–H groups in total. The van der Waals surface area contributed by atoms with E-state index < -0.39 is 0 Å². The van der Waals surface area contributed by atoms with Gasteiger partial charge in [0.05, 0.1) is 0 Å². The van der Waals surface area contributed by atoms with Gasteiger partial charge < -0.3 is 4.74 Å². The second kappa shape index (κ2) is 3.86. The average molecular weight is 208 g/mol. The lowest BCUT2D eigenvalue weighted by Gasteiger charge is -1.99. The first kappa shape index (κ1) is 9.22. The SMILES string of the molecule is C(=C1OCc2ccccc21)c1ccccc1. The number of hydrogen-bond acceptors (Lipinski definition) is 1. The van der Waals surface area contributed by atoms with Gasteiger partial charge in [0.1, 0.15) is 12.4 Å². The molecule has 0 fully saturated rings. The van der Waals surface area contributed by atoms with Crippen LogP contribution in [0.4, 0.5) is 0 Å². The van der Waals surface area contributed by atoms with E-state index in [1.807, 2.05) is 30.3 Å². The van der Waals surface area contributed by atoms with Crippen LogP contribution in [0.25, 0.3) is 11.8 Å². The summed E-state index contributed by atoms with van der Waals surface area (Å²) < 4.78 is 5.69. The molecule has 0 saturated carbocycles. The van der Waals surface area contributed by atoms with Gasteiger partial charge in [-0.2, -0.15) is 0 Å². The summed E-state index contributed by atoms with van der Waals surface area (Å²) >= 11 is 0. The molecule has 0 aliphatic carbocycles. The number of fused-ring (bicyclic) bond motifs is 1. The van der Waals surface area contributed by atoms with E-state index in [0.29, 0.717) is 6.61 Å². The summed E-state index contributed by atoms with van der Waals surface area (Å²) in [5.74, 6) is 0.974. The molecule has 0 unspecified atom stereocenters. The van der Waals surface area contributed by atoms with E-state index >= 15 is 0 Å². The summed E-state index contributed by atoms with van der Waals surface area (Å²) in [7, 11) is 0. The molecule has 16 heavy (non-hydrogen) atoms. The van der Waals surface area contributed by atoms with Gasteiger partial charge in [0, 0.05) is 11.1 Å². The molecule has 78 valence electrons. The molecule has 0 amide bonds. The van der Waals surface area contributed by atoms with Crippen LogP contribution in [-0.2, 0) is 11.3 Å². The Morgan fingerprint density at radius 1 is 0.875 bits per heavy atom. The largest absolute Gasteiger partial charge is 0.488 e. The Hall–Kier alpha value is -2.02. The number of rotatable bonds is 1. The van der Waals surface area contributed by atoms with Gasteiger partial charge in [-0.05, 0) is 11.6 Å². The van der Waals surface area contributed by atoms with E-state index in [1.165, 1.54) is 16.7 Å². The predicted octanol–water partition coefficient (Wildman–Crippen LogP) is 3.71. The first-order valence-electron chi connectivity index (χ1n) is 5.41. The zero-order chi connectivity index (χ0) is 10.8. The average Bonchev–Trinajstić information content (AvgIpc) is 2.74. The highest BCUT2D eigenvalue weighted by Gasteiger charge is 2.15. The predicted molar refractivity (Wildman–Crippen MR) is 65.5 cm³/mol. The number of hydrogen-bond donors (Lipinski definition) is 0. The topological polar surface area (TPSA) is 9.23 Å². The maximum absolute atomic E-state index is 5.69. The fourth-order valence-corrected chi connectivity index (χ4v) is 1.94. The molecule has 1 aliphatic heterocycles. The van der Waals surface area contributed by atoms with Gasteiger partial charge in [0.25, 0.3) is 0 Å². The van der Waals surface area contributed by atoms with Gasteiger partial charge >= 0.3 is 0 Å². The van der Waals surface area contributed by atoms with Gasteiger partial charge in [-0.1, -0.05) is 54.6 Å². The second-order valence-electron chi connectivity index (χ2n) is 3.87. The first-order chi connectivity index (χ1) is 7.93. The third-order valence-electron chi connectivity index (χ3n) is 2.76. The van der Waals surface area contributed by atoms with Gasteiger partial charge in [-0.3, -0.25) is 0 Å². The Labute approximate surface area is 95.0 Å². The zero-order valence-corrected chi connectivity index (χ0v) is 8.89. The van der Waals surface area contributed by atoms with E-state index in [0.717, 1.165) is 5.76 Å². The highest BCUT2D eigenvalue weighted by atomic mass is 16.5. The highest BCUT2D eigenvalue weighted by molar-refractivity contribution is 5.80.